The summed E-state index contributed by atoms with van der Waals surface area (Å²) in [5.41, 5.74) is 7.44. The first kappa shape index (κ1) is 19.4. The number of ether oxygens (including phenoxy) is 1. The molecule has 1 aliphatic rings. The van der Waals surface area contributed by atoms with E-state index in [0.717, 1.165) is 11.1 Å². The molecule has 0 radical (unpaired) electrons. The van der Waals surface area contributed by atoms with Crippen molar-refractivity contribution in [2.45, 2.75) is 13.0 Å². The van der Waals surface area contributed by atoms with Crippen molar-refractivity contribution in [3.8, 4) is 16.9 Å². The van der Waals surface area contributed by atoms with Crippen molar-refractivity contribution in [1.82, 2.24) is 9.80 Å². The molecule has 1 saturated heterocycles. The number of piperazine rings is 1. The van der Waals surface area contributed by atoms with Crippen LogP contribution >= 0.6 is 0 Å². The van der Waals surface area contributed by atoms with E-state index in [1.54, 1.807) is 42.0 Å². The molecule has 3 rings (SSSR count). The van der Waals surface area contributed by atoms with Crippen LogP contribution in [0.25, 0.3) is 11.1 Å². The number of primary amides is 1. The van der Waals surface area contributed by atoms with Gasteiger partial charge in [-0.05, 0) is 30.7 Å². The molecule has 0 bridgehead atoms. The van der Waals surface area contributed by atoms with Crippen molar-refractivity contribution < 1.29 is 19.1 Å². The van der Waals surface area contributed by atoms with E-state index in [9.17, 15) is 14.4 Å². The van der Waals surface area contributed by atoms with Crippen LogP contribution in [0.4, 0.5) is 0 Å². The molecule has 1 unspecified atom stereocenters. The van der Waals surface area contributed by atoms with Gasteiger partial charge in [-0.15, -0.1) is 0 Å². The summed E-state index contributed by atoms with van der Waals surface area (Å²) in [7, 11) is 1.73. The molecular weight excluding hydrogens is 358 g/mol. The van der Waals surface area contributed by atoms with E-state index in [1.165, 1.54) is 0 Å². The molecule has 7 heteroatoms. The molecule has 0 spiro atoms. The minimum Gasteiger partial charge on any atom is -0.480 e. The molecule has 1 fully saturated rings. The van der Waals surface area contributed by atoms with Gasteiger partial charge in [-0.2, -0.15) is 0 Å². The lowest BCUT2D eigenvalue weighted by Crippen LogP contribution is -2.50. The summed E-state index contributed by atoms with van der Waals surface area (Å²) in [5, 5.41) is 0. The predicted octanol–water partition coefficient (Wildman–Crippen LogP) is 1.52. The number of para-hydroxylation sites is 1. The molecule has 1 atom stereocenters. The van der Waals surface area contributed by atoms with Gasteiger partial charge in [0.05, 0.1) is 0 Å². The third-order valence-electron chi connectivity index (χ3n) is 4.78. The summed E-state index contributed by atoms with van der Waals surface area (Å²) in [4.78, 5) is 39.0. The van der Waals surface area contributed by atoms with Gasteiger partial charge in [0.2, 0.25) is 5.91 Å². The van der Waals surface area contributed by atoms with Crippen molar-refractivity contribution in [2.75, 3.05) is 26.7 Å². The average molecular weight is 381 g/mol. The molecule has 0 aliphatic carbocycles. The monoisotopic (exact) mass is 381 g/mol. The number of likely N-dealkylation sites (N-methyl/N-ethyl adjacent to an activating group) is 1. The number of carbonyl (C=O) groups excluding carboxylic acids is 3. The van der Waals surface area contributed by atoms with Gasteiger partial charge in [-0.3, -0.25) is 14.4 Å². The molecule has 7 nitrogen and oxygen atoms in total. The quantitative estimate of drug-likeness (QED) is 0.850. The van der Waals surface area contributed by atoms with Crippen LogP contribution in [0.15, 0.2) is 48.5 Å². The minimum absolute atomic E-state index is 0.0640. The maximum atomic E-state index is 12.7. The Bertz CT molecular complexity index is 895. The molecular formula is C21H23N3O4. The van der Waals surface area contributed by atoms with E-state index in [-0.39, 0.29) is 18.4 Å². The first-order chi connectivity index (χ1) is 13.4. The van der Waals surface area contributed by atoms with Crippen molar-refractivity contribution in [3.05, 3.63) is 54.1 Å². The summed E-state index contributed by atoms with van der Waals surface area (Å²) in [6.07, 6.45) is -0.753. The second-order valence-electron chi connectivity index (χ2n) is 6.78. The summed E-state index contributed by atoms with van der Waals surface area (Å²) in [6, 6.07) is 14.4. The van der Waals surface area contributed by atoms with Crippen LogP contribution in [0.3, 0.4) is 0 Å². The van der Waals surface area contributed by atoms with Crippen molar-refractivity contribution >= 4 is 17.7 Å². The molecule has 2 N–H and O–H groups in total. The van der Waals surface area contributed by atoms with E-state index in [1.807, 2.05) is 30.3 Å². The summed E-state index contributed by atoms with van der Waals surface area (Å²) >= 11 is 0. The lowest BCUT2D eigenvalue weighted by atomic mass is 10.0. The van der Waals surface area contributed by atoms with Crippen molar-refractivity contribution in [3.63, 3.8) is 0 Å². The number of nitrogens with two attached hydrogens (primary N) is 1. The zero-order valence-corrected chi connectivity index (χ0v) is 15.9. The number of carbonyl (C=O) groups is 3. The molecule has 0 aromatic heterocycles. The van der Waals surface area contributed by atoms with Crippen LogP contribution < -0.4 is 10.5 Å². The van der Waals surface area contributed by atoms with Crippen LogP contribution in [0.5, 0.6) is 5.75 Å². The van der Waals surface area contributed by atoms with E-state index in [0.29, 0.717) is 24.4 Å². The number of benzene rings is 2. The fourth-order valence-electron chi connectivity index (χ4n) is 2.96. The number of nitrogens with zero attached hydrogens (tertiary/aromatic N) is 2. The first-order valence-corrected chi connectivity index (χ1v) is 9.05. The fourth-order valence-corrected chi connectivity index (χ4v) is 2.96. The van der Waals surface area contributed by atoms with Gasteiger partial charge in [-0.1, -0.05) is 30.3 Å². The van der Waals surface area contributed by atoms with Crippen molar-refractivity contribution in [2.24, 2.45) is 5.73 Å². The maximum absolute atomic E-state index is 12.7. The highest BCUT2D eigenvalue weighted by Gasteiger charge is 2.25. The number of rotatable bonds is 5. The highest BCUT2D eigenvalue weighted by molar-refractivity contribution is 5.97. The molecule has 0 saturated carbocycles. The zero-order valence-electron chi connectivity index (χ0n) is 15.9. The molecule has 2 aromatic carbocycles. The third-order valence-corrected chi connectivity index (χ3v) is 4.78. The lowest BCUT2D eigenvalue weighted by Gasteiger charge is -2.32. The largest absolute Gasteiger partial charge is 0.480 e. The lowest BCUT2D eigenvalue weighted by molar-refractivity contribution is -0.133. The average Bonchev–Trinajstić information content (AvgIpc) is 2.70. The number of hydrogen-bond acceptors (Lipinski definition) is 4. The van der Waals surface area contributed by atoms with Gasteiger partial charge in [-0.25, -0.2) is 0 Å². The standard InChI is InChI=1S/C21H23N3O4/c1-14(20(22)26)28-18-6-4-3-5-17(18)15-7-9-16(10-8-15)21(27)24-12-11-23(2)19(25)13-24/h3-10,14H,11-13H2,1-2H3,(H2,22,26). The Morgan fingerprint density at radius 3 is 2.39 bits per heavy atom. The van der Waals surface area contributed by atoms with E-state index in [4.69, 9.17) is 10.5 Å². The normalized spacial score (nSPS) is 15.3. The molecule has 3 amide bonds. The Morgan fingerprint density at radius 1 is 1.07 bits per heavy atom. The minimum atomic E-state index is -0.753. The van der Waals surface area contributed by atoms with Crippen LogP contribution in [-0.2, 0) is 9.59 Å². The van der Waals surface area contributed by atoms with Gasteiger partial charge < -0.3 is 20.3 Å². The van der Waals surface area contributed by atoms with Gasteiger partial charge in [0.1, 0.15) is 12.3 Å². The Morgan fingerprint density at radius 2 is 1.75 bits per heavy atom. The van der Waals surface area contributed by atoms with Crippen LogP contribution in [0.2, 0.25) is 0 Å². The molecule has 1 heterocycles. The maximum Gasteiger partial charge on any atom is 0.258 e. The van der Waals surface area contributed by atoms with Crippen LogP contribution in [0.1, 0.15) is 17.3 Å². The molecule has 1 aliphatic heterocycles. The highest BCUT2D eigenvalue weighted by atomic mass is 16.5. The van der Waals surface area contributed by atoms with Gasteiger partial charge in [0.15, 0.2) is 6.10 Å². The SMILES string of the molecule is CC(Oc1ccccc1-c1ccc(C(=O)N2CCN(C)C(=O)C2)cc1)C(N)=O. The van der Waals surface area contributed by atoms with Gasteiger partial charge in [0.25, 0.3) is 11.8 Å². The van der Waals surface area contributed by atoms with E-state index < -0.39 is 12.0 Å². The van der Waals surface area contributed by atoms with E-state index >= 15 is 0 Å². The predicted molar refractivity (Wildman–Crippen MR) is 105 cm³/mol. The van der Waals surface area contributed by atoms with Crippen molar-refractivity contribution in [1.29, 1.82) is 0 Å². The van der Waals surface area contributed by atoms with E-state index in [2.05, 4.69) is 0 Å². The summed E-state index contributed by atoms with van der Waals surface area (Å²) in [6.45, 7) is 2.74. The third kappa shape index (κ3) is 4.14. The molecule has 2 aromatic rings. The molecule has 28 heavy (non-hydrogen) atoms. The number of hydrogen-bond donors (Lipinski definition) is 1. The zero-order chi connectivity index (χ0) is 20.3. The fraction of sp³-hybridized carbons (Fsp3) is 0.286. The molecule has 146 valence electrons. The van der Waals surface area contributed by atoms with Crippen LogP contribution in [0, 0.1) is 0 Å². The first-order valence-electron chi connectivity index (χ1n) is 9.05. The highest BCUT2D eigenvalue weighted by Crippen LogP contribution is 2.30. The van der Waals surface area contributed by atoms with Gasteiger partial charge >= 0.3 is 0 Å². The topological polar surface area (TPSA) is 92.9 Å². The Kier molecular flexibility index (Phi) is 5.63. The second-order valence-corrected chi connectivity index (χ2v) is 6.78. The van der Waals surface area contributed by atoms with Gasteiger partial charge in [0, 0.05) is 31.3 Å². The summed E-state index contributed by atoms with van der Waals surface area (Å²) < 4.78 is 5.66. The summed E-state index contributed by atoms with van der Waals surface area (Å²) in [5.74, 6) is -0.235. The Balaban J connectivity index is 1.79. The Labute approximate surface area is 163 Å². The second kappa shape index (κ2) is 8.12. The smallest absolute Gasteiger partial charge is 0.258 e. The van der Waals surface area contributed by atoms with Crippen LogP contribution in [-0.4, -0.2) is 60.3 Å². The number of amides is 3. The Hall–Kier alpha value is -3.35.